The topological polar surface area (TPSA) is 122 Å². The van der Waals surface area contributed by atoms with Gasteiger partial charge in [-0.15, -0.1) is 0 Å². The van der Waals surface area contributed by atoms with E-state index >= 15 is 0 Å². The largest absolute Gasteiger partial charge is 0.460 e. The molecule has 8 heteroatoms. The third-order valence-electron chi connectivity index (χ3n) is 3.41. The number of rotatable bonds is 8. The Hall–Kier alpha value is -3.35. The van der Waals surface area contributed by atoms with E-state index in [9.17, 15) is 14.7 Å². The summed E-state index contributed by atoms with van der Waals surface area (Å²) >= 11 is 0. The van der Waals surface area contributed by atoms with Crippen molar-refractivity contribution in [3.05, 3.63) is 82.2 Å². The molecule has 0 saturated carbocycles. The van der Waals surface area contributed by atoms with Crippen LogP contribution in [0.25, 0.3) is 10.4 Å². The number of benzene rings is 2. The fourth-order valence-electron chi connectivity index (χ4n) is 2.05. The molecule has 1 N–H and O–H groups in total. The highest BCUT2D eigenvalue weighted by Gasteiger charge is 2.34. The molecule has 134 valence electrons. The Balaban J connectivity index is 1.94. The molecule has 0 aromatic heterocycles. The number of carbonyl (C=O) groups is 2. The summed E-state index contributed by atoms with van der Waals surface area (Å²) in [6.07, 6.45) is -1.96. The number of azide groups is 1. The predicted molar refractivity (Wildman–Crippen MR) is 91.4 cm³/mol. The Morgan fingerprint density at radius 3 is 1.85 bits per heavy atom. The van der Waals surface area contributed by atoms with Gasteiger partial charge in [-0.1, -0.05) is 65.8 Å². The average Bonchev–Trinajstić information content (AvgIpc) is 2.69. The lowest BCUT2D eigenvalue weighted by molar-refractivity contribution is -0.163. The van der Waals surface area contributed by atoms with Crippen molar-refractivity contribution in [3.63, 3.8) is 0 Å². The molecule has 2 rings (SSSR count). The molecular weight excluding hydrogens is 338 g/mol. The van der Waals surface area contributed by atoms with E-state index < -0.39 is 24.1 Å². The highest BCUT2D eigenvalue weighted by Crippen LogP contribution is 2.10. The number of aliphatic hydroxyl groups excluding tert-OH is 1. The summed E-state index contributed by atoms with van der Waals surface area (Å²) in [6, 6.07) is 15.9. The third kappa shape index (κ3) is 5.62. The van der Waals surface area contributed by atoms with Gasteiger partial charge in [0.25, 0.3) is 0 Å². The molecule has 0 fully saturated rings. The zero-order valence-corrected chi connectivity index (χ0v) is 13.8. The summed E-state index contributed by atoms with van der Waals surface area (Å²) in [5.41, 5.74) is 10.0. The summed E-state index contributed by atoms with van der Waals surface area (Å²) in [5.74, 6) is -2.10. The van der Waals surface area contributed by atoms with Crippen molar-refractivity contribution in [1.82, 2.24) is 0 Å². The average molecular weight is 355 g/mol. The van der Waals surface area contributed by atoms with E-state index in [-0.39, 0.29) is 13.2 Å². The fourth-order valence-corrected chi connectivity index (χ4v) is 2.05. The van der Waals surface area contributed by atoms with Crippen molar-refractivity contribution in [2.45, 2.75) is 25.4 Å². The van der Waals surface area contributed by atoms with Crippen LogP contribution in [0.5, 0.6) is 0 Å². The Labute approximate surface area is 149 Å². The Kier molecular flexibility index (Phi) is 7.17. The summed E-state index contributed by atoms with van der Waals surface area (Å²) in [4.78, 5) is 26.5. The number of esters is 2. The van der Waals surface area contributed by atoms with Gasteiger partial charge in [0.2, 0.25) is 0 Å². The number of hydrogen-bond donors (Lipinski definition) is 1. The zero-order valence-electron chi connectivity index (χ0n) is 13.8. The smallest absolute Gasteiger partial charge is 0.336 e. The number of hydrogen-bond acceptors (Lipinski definition) is 6. The quantitative estimate of drug-likeness (QED) is 0.337. The first-order valence-electron chi connectivity index (χ1n) is 7.75. The van der Waals surface area contributed by atoms with E-state index in [2.05, 4.69) is 10.0 Å². The first-order valence-corrected chi connectivity index (χ1v) is 7.75. The molecule has 0 unspecified atom stereocenters. The molecule has 0 radical (unpaired) electrons. The molecule has 2 atom stereocenters. The molecule has 2 aromatic rings. The van der Waals surface area contributed by atoms with Crippen LogP contribution in [0.1, 0.15) is 11.1 Å². The lowest BCUT2D eigenvalue weighted by Crippen LogP contribution is -2.40. The first kappa shape index (κ1) is 19.0. The molecule has 8 nitrogen and oxygen atoms in total. The predicted octanol–water partition coefficient (Wildman–Crippen LogP) is 2.51. The second-order valence-corrected chi connectivity index (χ2v) is 5.28. The first-order chi connectivity index (χ1) is 12.6. The van der Waals surface area contributed by atoms with Crippen LogP contribution in [0.3, 0.4) is 0 Å². The molecule has 0 aliphatic carbocycles. The van der Waals surface area contributed by atoms with E-state index in [0.29, 0.717) is 11.1 Å². The van der Waals surface area contributed by atoms with Crippen LogP contribution < -0.4 is 0 Å². The molecule has 2 aromatic carbocycles. The highest BCUT2D eigenvalue weighted by molar-refractivity contribution is 5.86. The number of aliphatic hydroxyl groups is 1. The zero-order chi connectivity index (χ0) is 18.8. The highest BCUT2D eigenvalue weighted by atomic mass is 16.6. The molecule has 0 amide bonds. The van der Waals surface area contributed by atoms with Crippen LogP contribution >= 0.6 is 0 Å². The van der Waals surface area contributed by atoms with Gasteiger partial charge in [0.1, 0.15) is 13.2 Å². The summed E-state index contributed by atoms with van der Waals surface area (Å²) < 4.78 is 9.96. The van der Waals surface area contributed by atoms with Gasteiger partial charge in [0.15, 0.2) is 12.1 Å². The van der Waals surface area contributed by atoms with Gasteiger partial charge < -0.3 is 14.6 Å². The summed E-state index contributed by atoms with van der Waals surface area (Å²) in [7, 11) is 0. The van der Waals surface area contributed by atoms with Gasteiger partial charge >= 0.3 is 11.9 Å². The van der Waals surface area contributed by atoms with Gasteiger partial charge in [0, 0.05) is 4.91 Å². The van der Waals surface area contributed by atoms with Gasteiger partial charge in [-0.2, -0.15) is 0 Å². The molecule has 0 bridgehead atoms. The molecule has 0 aliphatic heterocycles. The van der Waals surface area contributed by atoms with Gasteiger partial charge in [-0.25, -0.2) is 4.79 Å². The minimum Gasteiger partial charge on any atom is -0.460 e. The monoisotopic (exact) mass is 355 g/mol. The van der Waals surface area contributed by atoms with E-state index in [1.54, 1.807) is 60.7 Å². The minimum absolute atomic E-state index is 0.0805. The van der Waals surface area contributed by atoms with Crippen LogP contribution in [-0.4, -0.2) is 29.2 Å². The van der Waals surface area contributed by atoms with Crippen molar-refractivity contribution >= 4 is 11.9 Å². The van der Waals surface area contributed by atoms with Crippen LogP contribution in [0.2, 0.25) is 0 Å². The molecule has 26 heavy (non-hydrogen) atoms. The van der Waals surface area contributed by atoms with E-state index in [0.717, 1.165) is 0 Å². The van der Waals surface area contributed by atoms with Crippen LogP contribution in [0.4, 0.5) is 0 Å². The fraction of sp³-hybridized carbons (Fsp3) is 0.222. The number of nitrogens with zero attached hydrogens (tertiary/aromatic N) is 3. The summed E-state index contributed by atoms with van der Waals surface area (Å²) in [5, 5.41) is 13.2. The standard InChI is InChI=1S/C18H17N3O5/c19-21-20-15(17(23)25-11-13-7-3-1-4-8-13)16(22)18(24)26-12-14-9-5-2-6-10-14/h1-10,15-16,22H,11-12H2/t15-,16+/m0/s1. The second kappa shape index (κ2) is 9.83. The lowest BCUT2D eigenvalue weighted by Gasteiger charge is -2.16. The van der Waals surface area contributed by atoms with Crippen molar-refractivity contribution < 1.29 is 24.2 Å². The maximum absolute atomic E-state index is 12.1. The second-order valence-electron chi connectivity index (χ2n) is 5.28. The maximum atomic E-state index is 12.1. The van der Waals surface area contributed by atoms with Crippen LogP contribution in [-0.2, 0) is 32.3 Å². The number of carbonyl (C=O) groups excluding carboxylic acids is 2. The molecule has 0 spiro atoms. The Morgan fingerprint density at radius 2 is 1.38 bits per heavy atom. The van der Waals surface area contributed by atoms with Crippen molar-refractivity contribution in [1.29, 1.82) is 0 Å². The Bertz CT molecular complexity index is 776. The van der Waals surface area contributed by atoms with Gasteiger partial charge in [-0.3, -0.25) is 4.79 Å². The van der Waals surface area contributed by atoms with Crippen LogP contribution in [0, 0.1) is 0 Å². The van der Waals surface area contributed by atoms with Crippen LogP contribution in [0.15, 0.2) is 65.8 Å². The van der Waals surface area contributed by atoms with Gasteiger partial charge in [0.05, 0.1) is 0 Å². The van der Waals surface area contributed by atoms with E-state index in [4.69, 9.17) is 15.0 Å². The van der Waals surface area contributed by atoms with Crippen molar-refractivity contribution in [3.8, 4) is 0 Å². The van der Waals surface area contributed by atoms with Crippen molar-refractivity contribution in [2.75, 3.05) is 0 Å². The molecular formula is C18H17N3O5. The maximum Gasteiger partial charge on any atom is 0.336 e. The van der Waals surface area contributed by atoms with Crippen molar-refractivity contribution in [2.24, 2.45) is 5.11 Å². The SMILES string of the molecule is [N-]=[N+]=N[C@H](C(=O)OCc1ccccc1)[C@@H](O)C(=O)OCc1ccccc1. The minimum atomic E-state index is -1.96. The van der Waals surface area contributed by atoms with Gasteiger partial charge in [-0.05, 0) is 16.7 Å². The molecule has 0 saturated heterocycles. The Morgan fingerprint density at radius 1 is 0.923 bits per heavy atom. The van der Waals surface area contributed by atoms with E-state index in [1.165, 1.54) is 0 Å². The number of ether oxygens (including phenoxy) is 2. The molecule has 0 heterocycles. The van der Waals surface area contributed by atoms with E-state index in [1.807, 2.05) is 0 Å². The molecule has 0 aliphatic rings. The summed E-state index contributed by atoms with van der Waals surface area (Å²) in [6.45, 7) is -0.165. The third-order valence-corrected chi connectivity index (χ3v) is 3.41. The normalized spacial score (nSPS) is 12.3. The lowest BCUT2D eigenvalue weighted by atomic mass is 10.1.